The van der Waals surface area contributed by atoms with E-state index in [0.29, 0.717) is 5.02 Å². The van der Waals surface area contributed by atoms with Crippen LogP contribution < -0.4 is 5.32 Å². The molecule has 2 nitrogen and oxygen atoms in total. The maximum Gasteiger partial charge on any atom is 0.242 e. The van der Waals surface area contributed by atoms with E-state index in [9.17, 15) is 4.79 Å². The van der Waals surface area contributed by atoms with E-state index >= 15 is 0 Å². The van der Waals surface area contributed by atoms with Crippen LogP contribution in [0.5, 0.6) is 0 Å². The van der Waals surface area contributed by atoms with Crippen molar-refractivity contribution in [2.24, 2.45) is 0 Å². The van der Waals surface area contributed by atoms with Crippen LogP contribution in [0.25, 0.3) is 0 Å². The first-order chi connectivity index (χ1) is 10.1. The van der Waals surface area contributed by atoms with Gasteiger partial charge in [0.05, 0.1) is 0 Å². The first-order valence-corrected chi connectivity index (χ1v) is 7.61. The molecule has 2 rings (SSSR count). The standard InChI is InChI=1S/C17H17Cl2NO/c1-12(11-13-7-9-15(18)10-8-13)20-17(21)16(19)14-5-3-2-4-6-14/h2-10,12,16H,11H2,1H3,(H,20,21). The molecule has 2 aromatic rings. The molecule has 0 fully saturated rings. The summed E-state index contributed by atoms with van der Waals surface area (Å²) in [4.78, 5) is 12.1. The topological polar surface area (TPSA) is 29.1 Å². The highest BCUT2D eigenvalue weighted by Crippen LogP contribution is 2.20. The number of carbonyl (C=O) groups is 1. The minimum absolute atomic E-state index is 0.00337. The molecule has 4 heteroatoms. The second-order valence-electron chi connectivity index (χ2n) is 5.01. The molecule has 0 bridgehead atoms. The average molecular weight is 322 g/mol. The quantitative estimate of drug-likeness (QED) is 0.814. The van der Waals surface area contributed by atoms with Crippen LogP contribution in [0.2, 0.25) is 5.02 Å². The van der Waals surface area contributed by atoms with Gasteiger partial charge in [-0.15, -0.1) is 11.6 Å². The second-order valence-corrected chi connectivity index (χ2v) is 5.89. The molecule has 2 atom stereocenters. The number of hydrogen-bond donors (Lipinski definition) is 1. The highest BCUT2D eigenvalue weighted by Gasteiger charge is 2.19. The predicted octanol–water partition coefficient (Wildman–Crippen LogP) is 4.37. The average Bonchev–Trinajstić information content (AvgIpc) is 2.49. The largest absolute Gasteiger partial charge is 0.352 e. The van der Waals surface area contributed by atoms with Crippen molar-refractivity contribution in [1.29, 1.82) is 0 Å². The third-order valence-corrected chi connectivity index (χ3v) is 3.87. The van der Waals surface area contributed by atoms with Gasteiger partial charge in [-0.3, -0.25) is 4.79 Å². The third kappa shape index (κ3) is 4.76. The van der Waals surface area contributed by atoms with Crippen LogP contribution in [0.1, 0.15) is 23.4 Å². The molecule has 0 spiro atoms. The zero-order chi connectivity index (χ0) is 15.2. The Balaban J connectivity index is 1.91. The molecule has 2 unspecified atom stereocenters. The zero-order valence-electron chi connectivity index (χ0n) is 11.7. The molecule has 1 N–H and O–H groups in total. The molecule has 0 heterocycles. The van der Waals surface area contributed by atoms with Crippen LogP contribution in [0.3, 0.4) is 0 Å². The van der Waals surface area contributed by atoms with Crippen molar-refractivity contribution in [2.75, 3.05) is 0 Å². The number of amides is 1. The highest BCUT2D eigenvalue weighted by atomic mass is 35.5. The summed E-state index contributed by atoms with van der Waals surface area (Å²) in [6.45, 7) is 1.96. The predicted molar refractivity (Wildman–Crippen MR) is 87.8 cm³/mol. The van der Waals surface area contributed by atoms with Gasteiger partial charge in [0.2, 0.25) is 5.91 Å². The van der Waals surface area contributed by atoms with E-state index in [2.05, 4.69) is 5.32 Å². The van der Waals surface area contributed by atoms with Crippen LogP contribution in [0.15, 0.2) is 54.6 Å². The van der Waals surface area contributed by atoms with Gasteiger partial charge >= 0.3 is 0 Å². The van der Waals surface area contributed by atoms with Gasteiger partial charge in [-0.1, -0.05) is 54.1 Å². The van der Waals surface area contributed by atoms with E-state index < -0.39 is 5.38 Å². The van der Waals surface area contributed by atoms with E-state index in [1.165, 1.54) is 0 Å². The molecule has 1 amide bonds. The smallest absolute Gasteiger partial charge is 0.242 e. The molecule has 110 valence electrons. The Bertz CT molecular complexity index is 583. The lowest BCUT2D eigenvalue weighted by atomic mass is 10.1. The first kappa shape index (κ1) is 15.9. The van der Waals surface area contributed by atoms with E-state index in [4.69, 9.17) is 23.2 Å². The van der Waals surface area contributed by atoms with Gasteiger partial charge < -0.3 is 5.32 Å². The Kier molecular flexibility index (Phi) is 5.66. The zero-order valence-corrected chi connectivity index (χ0v) is 13.2. The molecule has 0 saturated carbocycles. The van der Waals surface area contributed by atoms with Crippen molar-refractivity contribution >= 4 is 29.1 Å². The van der Waals surface area contributed by atoms with Crippen molar-refractivity contribution < 1.29 is 4.79 Å². The Morgan fingerprint density at radius 1 is 1.10 bits per heavy atom. The summed E-state index contributed by atoms with van der Waals surface area (Å²) in [5, 5.41) is 2.98. The van der Waals surface area contributed by atoms with Crippen LogP contribution in [-0.2, 0) is 11.2 Å². The minimum Gasteiger partial charge on any atom is -0.352 e. The maximum absolute atomic E-state index is 12.1. The van der Waals surface area contributed by atoms with Gasteiger partial charge in [0.25, 0.3) is 0 Å². The van der Waals surface area contributed by atoms with Crippen molar-refractivity contribution in [1.82, 2.24) is 5.32 Å². The number of hydrogen-bond acceptors (Lipinski definition) is 1. The molecular weight excluding hydrogens is 305 g/mol. The summed E-state index contributed by atoms with van der Waals surface area (Å²) in [5.41, 5.74) is 1.92. The minimum atomic E-state index is -0.668. The molecule has 0 saturated heterocycles. The lowest BCUT2D eigenvalue weighted by Gasteiger charge is -2.17. The first-order valence-electron chi connectivity index (χ1n) is 6.80. The van der Waals surface area contributed by atoms with E-state index in [0.717, 1.165) is 17.5 Å². The molecule has 0 aliphatic rings. The Labute approximate surface area is 135 Å². The van der Waals surface area contributed by atoms with E-state index in [1.54, 1.807) is 0 Å². The monoisotopic (exact) mass is 321 g/mol. The highest BCUT2D eigenvalue weighted by molar-refractivity contribution is 6.31. The van der Waals surface area contributed by atoms with Crippen molar-refractivity contribution in [3.63, 3.8) is 0 Å². The number of carbonyl (C=O) groups excluding carboxylic acids is 1. The van der Waals surface area contributed by atoms with Crippen molar-refractivity contribution in [3.05, 3.63) is 70.7 Å². The second kappa shape index (κ2) is 7.48. The lowest BCUT2D eigenvalue weighted by Crippen LogP contribution is -2.36. The van der Waals surface area contributed by atoms with Crippen molar-refractivity contribution in [3.8, 4) is 0 Å². The van der Waals surface area contributed by atoms with Crippen LogP contribution in [0, 0.1) is 0 Å². The maximum atomic E-state index is 12.1. The summed E-state index contributed by atoms with van der Waals surface area (Å²) in [5.74, 6) is -0.177. The number of halogens is 2. The summed E-state index contributed by atoms with van der Waals surface area (Å²) >= 11 is 12.0. The fourth-order valence-electron chi connectivity index (χ4n) is 2.11. The number of alkyl halides is 1. The van der Waals surface area contributed by atoms with Crippen LogP contribution in [-0.4, -0.2) is 11.9 Å². The number of nitrogens with one attached hydrogen (secondary N) is 1. The van der Waals surface area contributed by atoms with E-state index in [-0.39, 0.29) is 11.9 Å². The van der Waals surface area contributed by atoms with Gasteiger partial charge in [0.1, 0.15) is 5.38 Å². The Morgan fingerprint density at radius 2 is 1.71 bits per heavy atom. The fraction of sp³-hybridized carbons (Fsp3) is 0.235. The SMILES string of the molecule is CC(Cc1ccc(Cl)cc1)NC(=O)C(Cl)c1ccccc1. The number of rotatable bonds is 5. The van der Waals surface area contributed by atoms with Crippen molar-refractivity contribution in [2.45, 2.75) is 24.8 Å². The summed E-state index contributed by atoms with van der Waals surface area (Å²) in [6.07, 6.45) is 0.737. The van der Waals surface area contributed by atoms with Gasteiger partial charge in [0.15, 0.2) is 0 Å². The van der Waals surface area contributed by atoms with E-state index in [1.807, 2.05) is 61.5 Å². The molecule has 21 heavy (non-hydrogen) atoms. The summed E-state index contributed by atoms with van der Waals surface area (Å²) in [7, 11) is 0. The van der Waals surface area contributed by atoms with Crippen LogP contribution in [0.4, 0.5) is 0 Å². The molecule has 0 radical (unpaired) electrons. The van der Waals surface area contributed by atoms with Gasteiger partial charge in [-0.05, 0) is 36.6 Å². The van der Waals surface area contributed by atoms with Gasteiger partial charge in [-0.2, -0.15) is 0 Å². The summed E-state index contributed by atoms with van der Waals surface area (Å²) in [6, 6.07) is 16.9. The molecule has 2 aromatic carbocycles. The normalized spacial score (nSPS) is 13.5. The van der Waals surface area contributed by atoms with Gasteiger partial charge in [-0.25, -0.2) is 0 Å². The fourth-order valence-corrected chi connectivity index (χ4v) is 2.45. The van der Waals surface area contributed by atoms with Gasteiger partial charge in [0, 0.05) is 11.1 Å². The number of benzene rings is 2. The Morgan fingerprint density at radius 3 is 2.33 bits per heavy atom. The lowest BCUT2D eigenvalue weighted by molar-refractivity contribution is -0.121. The van der Waals surface area contributed by atoms with Crippen LogP contribution >= 0.6 is 23.2 Å². The summed E-state index contributed by atoms with van der Waals surface area (Å²) < 4.78 is 0. The molecular formula is C17H17Cl2NO. The molecule has 0 aliphatic carbocycles. The molecule has 0 aromatic heterocycles. The third-order valence-electron chi connectivity index (χ3n) is 3.17. The Hall–Kier alpha value is -1.51. The molecule has 0 aliphatic heterocycles.